The molecule has 0 aromatic carbocycles. The second kappa shape index (κ2) is 5.17. The number of rotatable bonds is 4. The van der Waals surface area contributed by atoms with Gasteiger partial charge in [0.05, 0.1) is 5.60 Å². The fourth-order valence-corrected chi connectivity index (χ4v) is 4.13. The first kappa shape index (κ1) is 12.6. The summed E-state index contributed by atoms with van der Waals surface area (Å²) in [7, 11) is 1.80. The summed E-state index contributed by atoms with van der Waals surface area (Å²) in [6.45, 7) is 0. The zero-order valence-corrected chi connectivity index (χ0v) is 11.9. The van der Waals surface area contributed by atoms with E-state index < -0.39 is 0 Å². The molecule has 2 nitrogen and oxygen atoms in total. The van der Waals surface area contributed by atoms with Crippen LogP contribution in [0.3, 0.4) is 0 Å². The molecule has 0 bridgehead atoms. The molecule has 1 aromatic rings. The Bertz CT molecular complexity index is 347. The van der Waals surface area contributed by atoms with Crippen LogP contribution in [0.15, 0.2) is 15.9 Å². The molecular weight excluding hydrogens is 286 g/mol. The molecule has 1 aromatic heterocycles. The lowest BCUT2D eigenvalue weighted by atomic mass is 9.90. The summed E-state index contributed by atoms with van der Waals surface area (Å²) in [5.74, 6) is 0. The molecule has 1 unspecified atom stereocenters. The Hall–Kier alpha value is 0.100. The molecule has 0 spiro atoms. The van der Waals surface area contributed by atoms with Crippen LogP contribution in [0.2, 0.25) is 0 Å². The van der Waals surface area contributed by atoms with Crippen molar-refractivity contribution in [3.8, 4) is 0 Å². The minimum absolute atomic E-state index is 0.0799. The van der Waals surface area contributed by atoms with E-state index in [0.29, 0.717) is 0 Å². The van der Waals surface area contributed by atoms with Gasteiger partial charge >= 0.3 is 0 Å². The van der Waals surface area contributed by atoms with Crippen molar-refractivity contribution in [2.24, 2.45) is 5.73 Å². The molecule has 0 aliphatic heterocycles. The minimum atomic E-state index is -0.0799. The molecule has 0 amide bonds. The Morgan fingerprint density at radius 1 is 1.56 bits per heavy atom. The van der Waals surface area contributed by atoms with Gasteiger partial charge in [-0.3, -0.25) is 0 Å². The zero-order chi connectivity index (χ0) is 11.6. The van der Waals surface area contributed by atoms with Crippen molar-refractivity contribution in [1.82, 2.24) is 0 Å². The molecule has 16 heavy (non-hydrogen) atoms. The first-order valence-corrected chi connectivity index (χ1v) is 7.38. The fourth-order valence-electron chi connectivity index (χ4n) is 2.56. The van der Waals surface area contributed by atoms with Gasteiger partial charge in [-0.2, -0.15) is 0 Å². The Morgan fingerprint density at radius 2 is 2.25 bits per heavy atom. The lowest BCUT2D eigenvalue weighted by Gasteiger charge is -2.33. The molecule has 2 rings (SSSR count). The van der Waals surface area contributed by atoms with Gasteiger partial charge in [-0.05, 0) is 40.2 Å². The van der Waals surface area contributed by atoms with E-state index in [0.717, 1.165) is 19.3 Å². The summed E-state index contributed by atoms with van der Waals surface area (Å²) < 4.78 is 6.89. The number of ether oxygens (including phenoxy) is 1. The van der Waals surface area contributed by atoms with Crippen molar-refractivity contribution >= 4 is 27.3 Å². The van der Waals surface area contributed by atoms with Gasteiger partial charge in [-0.15, -0.1) is 11.3 Å². The van der Waals surface area contributed by atoms with Crippen molar-refractivity contribution in [2.45, 2.75) is 43.7 Å². The summed E-state index contributed by atoms with van der Waals surface area (Å²) in [5, 5.41) is 2.10. The third-order valence-electron chi connectivity index (χ3n) is 3.63. The van der Waals surface area contributed by atoms with Gasteiger partial charge in [0, 0.05) is 28.9 Å². The first-order chi connectivity index (χ1) is 7.68. The van der Waals surface area contributed by atoms with E-state index in [9.17, 15) is 0 Å². The maximum absolute atomic E-state index is 6.35. The summed E-state index contributed by atoms with van der Waals surface area (Å²) in [4.78, 5) is 1.33. The van der Waals surface area contributed by atoms with Crippen LogP contribution in [0.5, 0.6) is 0 Å². The summed E-state index contributed by atoms with van der Waals surface area (Å²) >= 11 is 5.32. The molecule has 0 radical (unpaired) electrons. The SMILES string of the molecule is COC1(C(N)Cc2sccc2Br)CCCC1. The van der Waals surface area contributed by atoms with Crippen molar-refractivity contribution in [3.05, 3.63) is 20.8 Å². The van der Waals surface area contributed by atoms with Gasteiger partial charge < -0.3 is 10.5 Å². The maximum atomic E-state index is 6.35. The molecule has 1 heterocycles. The van der Waals surface area contributed by atoms with Crippen LogP contribution < -0.4 is 5.73 Å². The van der Waals surface area contributed by atoms with Crippen LogP contribution >= 0.6 is 27.3 Å². The number of thiophene rings is 1. The van der Waals surface area contributed by atoms with Gasteiger partial charge in [0.15, 0.2) is 0 Å². The molecule has 1 fully saturated rings. The highest BCUT2D eigenvalue weighted by atomic mass is 79.9. The number of hydrogen-bond donors (Lipinski definition) is 1. The zero-order valence-electron chi connectivity index (χ0n) is 9.54. The van der Waals surface area contributed by atoms with Crippen molar-refractivity contribution in [1.29, 1.82) is 0 Å². The predicted molar refractivity (Wildman–Crippen MR) is 71.9 cm³/mol. The summed E-state index contributed by atoms with van der Waals surface area (Å²) in [5.41, 5.74) is 6.27. The van der Waals surface area contributed by atoms with Crippen LogP contribution in [0.25, 0.3) is 0 Å². The monoisotopic (exact) mass is 303 g/mol. The average Bonchev–Trinajstić information content (AvgIpc) is 2.89. The maximum Gasteiger partial charge on any atom is 0.0832 e. The van der Waals surface area contributed by atoms with E-state index >= 15 is 0 Å². The standard InChI is InChI=1S/C12H18BrNOS/c1-15-12(5-2-3-6-12)11(14)8-10-9(13)4-7-16-10/h4,7,11H,2-3,5-6,8,14H2,1H3. The third kappa shape index (κ3) is 2.35. The lowest BCUT2D eigenvalue weighted by molar-refractivity contribution is -0.0252. The van der Waals surface area contributed by atoms with Crippen LogP contribution in [-0.2, 0) is 11.2 Å². The topological polar surface area (TPSA) is 35.2 Å². The van der Waals surface area contributed by atoms with Gasteiger partial charge in [-0.1, -0.05) is 12.8 Å². The lowest BCUT2D eigenvalue weighted by Crippen LogP contribution is -2.48. The number of nitrogens with two attached hydrogens (primary N) is 1. The normalized spacial score (nSPS) is 21.2. The minimum Gasteiger partial charge on any atom is -0.377 e. The Labute approximate surface area is 109 Å². The van der Waals surface area contributed by atoms with E-state index in [2.05, 4.69) is 27.4 Å². The van der Waals surface area contributed by atoms with Gasteiger partial charge in [0.2, 0.25) is 0 Å². The molecule has 0 saturated heterocycles. The summed E-state index contributed by atoms with van der Waals surface area (Å²) in [6, 6.07) is 2.19. The predicted octanol–water partition coefficient (Wildman–Crippen LogP) is 3.34. The number of methoxy groups -OCH3 is 1. The highest BCUT2D eigenvalue weighted by molar-refractivity contribution is 9.10. The van der Waals surface area contributed by atoms with Crippen LogP contribution in [-0.4, -0.2) is 18.8 Å². The molecule has 1 aliphatic carbocycles. The average molecular weight is 304 g/mol. The Morgan fingerprint density at radius 3 is 2.75 bits per heavy atom. The quantitative estimate of drug-likeness (QED) is 0.926. The van der Waals surface area contributed by atoms with Crippen LogP contribution in [0.1, 0.15) is 30.6 Å². The van der Waals surface area contributed by atoms with E-state index in [-0.39, 0.29) is 11.6 Å². The van der Waals surface area contributed by atoms with Gasteiger partial charge in [0.25, 0.3) is 0 Å². The van der Waals surface area contributed by atoms with E-state index in [1.807, 2.05) is 0 Å². The molecule has 2 N–H and O–H groups in total. The Balaban J connectivity index is 2.07. The molecule has 1 saturated carbocycles. The number of hydrogen-bond acceptors (Lipinski definition) is 3. The van der Waals surface area contributed by atoms with Gasteiger partial charge in [-0.25, -0.2) is 0 Å². The Kier molecular flexibility index (Phi) is 4.06. The molecular formula is C12H18BrNOS. The van der Waals surface area contributed by atoms with Crippen LogP contribution in [0, 0.1) is 0 Å². The van der Waals surface area contributed by atoms with Crippen molar-refractivity contribution < 1.29 is 4.74 Å². The smallest absolute Gasteiger partial charge is 0.0832 e. The second-order valence-corrected chi connectivity index (χ2v) is 6.33. The van der Waals surface area contributed by atoms with E-state index in [1.54, 1.807) is 18.4 Å². The van der Waals surface area contributed by atoms with Crippen molar-refractivity contribution in [3.63, 3.8) is 0 Å². The summed E-state index contributed by atoms with van der Waals surface area (Å²) in [6.07, 6.45) is 5.60. The molecule has 1 atom stereocenters. The molecule has 4 heteroatoms. The van der Waals surface area contributed by atoms with Crippen molar-refractivity contribution in [2.75, 3.05) is 7.11 Å². The second-order valence-electron chi connectivity index (χ2n) is 4.48. The third-order valence-corrected chi connectivity index (χ3v) is 5.58. The van der Waals surface area contributed by atoms with Gasteiger partial charge in [0.1, 0.15) is 0 Å². The van der Waals surface area contributed by atoms with E-state index in [1.165, 1.54) is 22.2 Å². The largest absolute Gasteiger partial charge is 0.377 e. The molecule has 90 valence electrons. The first-order valence-electron chi connectivity index (χ1n) is 5.70. The molecule has 1 aliphatic rings. The number of halogens is 1. The highest BCUT2D eigenvalue weighted by Gasteiger charge is 2.39. The highest BCUT2D eigenvalue weighted by Crippen LogP contribution is 2.37. The van der Waals surface area contributed by atoms with E-state index in [4.69, 9.17) is 10.5 Å². The van der Waals surface area contributed by atoms with Crippen LogP contribution in [0.4, 0.5) is 0 Å². The fraction of sp³-hybridized carbons (Fsp3) is 0.667.